The number of esters is 1. The first-order chi connectivity index (χ1) is 8.88. The van der Waals surface area contributed by atoms with Crippen LogP contribution in [-0.2, 0) is 9.53 Å². The van der Waals surface area contributed by atoms with Gasteiger partial charge in [-0.3, -0.25) is 14.8 Å². The Hall–Kier alpha value is -2.18. The van der Waals surface area contributed by atoms with Gasteiger partial charge in [-0.05, 0) is 33.8 Å². The van der Waals surface area contributed by atoms with Gasteiger partial charge in [0.2, 0.25) is 0 Å². The zero-order valence-electron chi connectivity index (χ0n) is 11.4. The first kappa shape index (κ1) is 14.9. The SMILES string of the molecule is CCOC(=O)/C=C/c1c([N+](=O)[O-])c(C)nn1C(C)C. The van der Waals surface area contributed by atoms with E-state index in [0.717, 1.165) is 0 Å². The largest absolute Gasteiger partial charge is 0.463 e. The van der Waals surface area contributed by atoms with Gasteiger partial charge in [0.25, 0.3) is 0 Å². The molecule has 104 valence electrons. The molecule has 19 heavy (non-hydrogen) atoms. The normalized spacial score (nSPS) is 11.2. The molecule has 0 saturated carbocycles. The second-order valence-electron chi connectivity index (χ2n) is 4.20. The number of nitrogens with zero attached hydrogens (tertiary/aromatic N) is 3. The predicted molar refractivity (Wildman–Crippen MR) is 69.7 cm³/mol. The maximum atomic E-state index is 11.3. The third-order valence-corrected chi connectivity index (χ3v) is 2.43. The Labute approximate surface area is 111 Å². The van der Waals surface area contributed by atoms with Crippen LogP contribution in [0.1, 0.15) is 38.2 Å². The third-order valence-electron chi connectivity index (χ3n) is 2.43. The number of nitro groups is 1. The summed E-state index contributed by atoms with van der Waals surface area (Å²) in [7, 11) is 0. The zero-order valence-corrected chi connectivity index (χ0v) is 11.4. The average molecular weight is 267 g/mol. The van der Waals surface area contributed by atoms with Crippen molar-refractivity contribution in [3.8, 4) is 0 Å². The van der Waals surface area contributed by atoms with E-state index in [0.29, 0.717) is 11.4 Å². The van der Waals surface area contributed by atoms with Crippen molar-refractivity contribution in [2.75, 3.05) is 6.61 Å². The zero-order chi connectivity index (χ0) is 14.6. The van der Waals surface area contributed by atoms with Gasteiger partial charge in [0.05, 0.1) is 11.5 Å². The second-order valence-corrected chi connectivity index (χ2v) is 4.20. The lowest BCUT2D eigenvalue weighted by molar-refractivity contribution is -0.385. The maximum Gasteiger partial charge on any atom is 0.330 e. The van der Waals surface area contributed by atoms with Crippen molar-refractivity contribution in [3.63, 3.8) is 0 Å². The van der Waals surface area contributed by atoms with Crippen molar-refractivity contribution in [1.82, 2.24) is 9.78 Å². The van der Waals surface area contributed by atoms with Crippen molar-refractivity contribution in [3.05, 3.63) is 27.6 Å². The van der Waals surface area contributed by atoms with Crippen LogP contribution in [0.4, 0.5) is 5.69 Å². The molecular weight excluding hydrogens is 250 g/mol. The Morgan fingerprint density at radius 3 is 2.68 bits per heavy atom. The quantitative estimate of drug-likeness (QED) is 0.353. The lowest BCUT2D eigenvalue weighted by atomic mass is 10.2. The Bertz CT molecular complexity index is 517. The summed E-state index contributed by atoms with van der Waals surface area (Å²) in [5, 5.41) is 15.2. The minimum Gasteiger partial charge on any atom is -0.463 e. The van der Waals surface area contributed by atoms with Gasteiger partial charge in [0.1, 0.15) is 11.4 Å². The van der Waals surface area contributed by atoms with Gasteiger partial charge in [-0.15, -0.1) is 0 Å². The Kier molecular flexibility index (Phi) is 4.80. The second kappa shape index (κ2) is 6.12. The molecule has 0 radical (unpaired) electrons. The van der Waals surface area contributed by atoms with Crippen molar-refractivity contribution in [1.29, 1.82) is 0 Å². The van der Waals surface area contributed by atoms with Crippen molar-refractivity contribution < 1.29 is 14.5 Å². The Balaban J connectivity index is 3.23. The number of carbonyl (C=O) groups is 1. The molecule has 0 aromatic carbocycles. The molecule has 7 heteroatoms. The fourth-order valence-electron chi connectivity index (χ4n) is 1.67. The fourth-order valence-corrected chi connectivity index (χ4v) is 1.67. The lowest BCUT2D eigenvalue weighted by Crippen LogP contribution is -2.06. The number of aromatic nitrogens is 2. The summed E-state index contributed by atoms with van der Waals surface area (Å²) < 4.78 is 6.26. The number of carbonyl (C=O) groups excluding carboxylic acids is 1. The van der Waals surface area contributed by atoms with Crippen LogP contribution < -0.4 is 0 Å². The smallest absolute Gasteiger partial charge is 0.330 e. The molecule has 1 heterocycles. The molecule has 0 aliphatic heterocycles. The highest BCUT2D eigenvalue weighted by Crippen LogP contribution is 2.26. The van der Waals surface area contributed by atoms with Crippen LogP contribution in [0, 0.1) is 17.0 Å². The van der Waals surface area contributed by atoms with E-state index in [1.54, 1.807) is 13.8 Å². The molecule has 0 aliphatic carbocycles. The average Bonchev–Trinajstić information content (AvgIpc) is 2.64. The first-order valence-corrected chi connectivity index (χ1v) is 5.96. The van der Waals surface area contributed by atoms with Gasteiger partial charge in [0, 0.05) is 12.1 Å². The lowest BCUT2D eigenvalue weighted by Gasteiger charge is -2.07. The molecule has 0 fully saturated rings. The Morgan fingerprint density at radius 1 is 1.58 bits per heavy atom. The molecule has 0 spiro atoms. The molecule has 0 atom stereocenters. The van der Waals surface area contributed by atoms with Gasteiger partial charge in [0.15, 0.2) is 0 Å². The van der Waals surface area contributed by atoms with E-state index in [1.165, 1.54) is 16.8 Å². The molecular formula is C12H17N3O4. The standard InChI is InChI=1S/C12H17N3O4/c1-5-19-11(16)7-6-10-12(15(17)18)9(4)13-14(10)8(2)3/h6-8H,5H2,1-4H3/b7-6+. The molecule has 0 unspecified atom stereocenters. The summed E-state index contributed by atoms with van der Waals surface area (Å²) in [6.45, 7) is 7.24. The van der Waals surface area contributed by atoms with Crippen LogP contribution in [0.5, 0.6) is 0 Å². The highest BCUT2D eigenvalue weighted by molar-refractivity contribution is 5.87. The summed E-state index contributed by atoms with van der Waals surface area (Å²) in [4.78, 5) is 21.8. The van der Waals surface area contributed by atoms with E-state index < -0.39 is 10.9 Å². The van der Waals surface area contributed by atoms with Crippen molar-refractivity contribution >= 4 is 17.7 Å². The molecule has 0 bridgehead atoms. The van der Waals surface area contributed by atoms with E-state index >= 15 is 0 Å². The summed E-state index contributed by atoms with van der Waals surface area (Å²) >= 11 is 0. The summed E-state index contributed by atoms with van der Waals surface area (Å²) in [5.41, 5.74) is 0.530. The topological polar surface area (TPSA) is 87.3 Å². The van der Waals surface area contributed by atoms with Gasteiger partial charge < -0.3 is 4.74 Å². The van der Waals surface area contributed by atoms with E-state index in [2.05, 4.69) is 5.10 Å². The first-order valence-electron chi connectivity index (χ1n) is 5.96. The van der Waals surface area contributed by atoms with Gasteiger partial charge >= 0.3 is 11.7 Å². The molecule has 0 saturated heterocycles. The number of rotatable bonds is 5. The van der Waals surface area contributed by atoms with Crippen LogP contribution in [0.2, 0.25) is 0 Å². The summed E-state index contributed by atoms with van der Waals surface area (Å²) in [6, 6.07) is -0.0470. The number of ether oxygens (including phenoxy) is 1. The third kappa shape index (κ3) is 3.40. The number of aryl methyl sites for hydroxylation is 1. The molecule has 1 aromatic rings. The molecule has 1 aromatic heterocycles. The monoisotopic (exact) mass is 267 g/mol. The van der Waals surface area contributed by atoms with Crippen LogP contribution in [0.3, 0.4) is 0 Å². The fraction of sp³-hybridized carbons (Fsp3) is 0.500. The minimum absolute atomic E-state index is 0.0470. The van der Waals surface area contributed by atoms with Crippen LogP contribution in [0.15, 0.2) is 6.08 Å². The van der Waals surface area contributed by atoms with E-state index in [1.807, 2.05) is 13.8 Å². The minimum atomic E-state index is -0.536. The highest BCUT2D eigenvalue weighted by atomic mass is 16.6. The van der Waals surface area contributed by atoms with Crippen molar-refractivity contribution in [2.45, 2.75) is 33.7 Å². The molecule has 0 N–H and O–H groups in total. The molecule has 0 amide bonds. The Morgan fingerprint density at radius 2 is 2.21 bits per heavy atom. The molecule has 0 aliphatic rings. The predicted octanol–water partition coefficient (Wildman–Crippen LogP) is 2.26. The van der Waals surface area contributed by atoms with E-state index in [9.17, 15) is 14.9 Å². The van der Waals surface area contributed by atoms with Crippen LogP contribution in [-0.4, -0.2) is 27.3 Å². The maximum absolute atomic E-state index is 11.3. The van der Waals surface area contributed by atoms with Crippen molar-refractivity contribution in [2.24, 2.45) is 0 Å². The summed E-state index contributed by atoms with van der Waals surface area (Å²) in [5.74, 6) is -0.536. The number of hydrogen-bond acceptors (Lipinski definition) is 5. The van der Waals surface area contributed by atoms with Gasteiger partial charge in [-0.1, -0.05) is 0 Å². The summed E-state index contributed by atoms with van der Waals surface area (Å²) in [6.07, 6.45) is 2.54. The van der Waals surface area contributed by atoms with E-state index in [4.69, 9.17) is 4.74 Å². The highest BCUT2D eigenvalue weighted by Gasteiger charge is 2.24. The molecule has 1 rings (SSSR count). The van der Waals surface area contributed by atoms with E-state index in [-0.39, 0.29) is 18.3 Å². The van der Waals surface area contributed by atoms with Gasteiger partial charge in [-0.25, -0.2) is 4.79 Å². The van der Waals surface area contributed by atoms with Crippen LogP contribution >= 0.6 is 0 Å². The van der Waals surface area contributed by atoms with Gasteiger partial charge in [-0.2, -0.15) is 5.10 Å². The number of hydrogen-bond donors (Lipinski definition) is 0. The van der Waals surface area contributed by atoms with Crippen LogP contribution in [0.25, 0.3) is 6.08 Å². The molecule has 7 nitrogen and oxygen atoms in total.